The molecule has 1 rings (SSSR count). The zero-order valence-corrected chi connectivity index (χ0v) is 13.2. The molecular weight excluding hydrogens is 281 g/mol. The molecule has 1 aromatic carbocycles. The van der Waals surface area contributed by atoms with Crippen LogP contribution in [0.5, 0.6) is 0 Å². The number of aliphatic hydroxyl groups excluding tert-OH is 1. The fraction of sp³-hybridized carbons (Fsp3) is 0.571. The largest absolute Gasteiger partial charge is 0.392 e. The Kier molecular flexibility index (Phi) is 5.68. The van der Waals surface area contributed by atoms with E-state index in [9.17, 15) is 12.8 Å². The topological polar surface area (TPSA) is 57.6 Å². The van der Waals surface area contributed by atoms with Gasteiger partial charge in [-0.1, -0.05) is 13.3 Å². The lowest BCUT2D eigenvalue weighted by Crippen LogP contribution is -2.35. The molecule has 0 heterocycles. The molecule has 0 saturated carbocycles. The number of rotatable bonds is 6. The van der Waals surface area contributed by atoms with Crippen LogP contribution in [0.15, 0.2) is 17.0 Å². The van der Waals surface area contributed by atoms with Gasteiger partial charge in [0, 0.05) is 18.7 Å². The highest BCUT2D eigenvalue weighted by Crippen LogP contribution is 2.25. The van der Waals surface area contributed by atoms with Gasteiger partial charge in [0.1, 0.15) is 5.82 Å². The summed E-state index contributed by atoms with van der Waals surface area (Å²) >= 11 is 0. The van der Waals surface area contributed by atoms with Crippen molar-refractivity contribution >= 4 is 10.0 Å². The Balaban J connectivity index is 3.31. The molecule has 0 aliphatic heterocycles. The standard InChI is InChI=1S/C14H22FNO3S/c1-5-6-10(2)16(4)20(18,19)14-8-12(9-17)7-13(15)11(14)3/h7-8,10,17H,5-6,9H2,1-4H3. The molecule has 0 saturated heterocycles. The molecule has 0 aliphatic rings. The van der Waals surface area contributed by atoms with Crippen molar-refractivity contribution < 1.29 is 17.9 Å². The second-order valence-corrected chi connectivity index (χ2v) is 6.98. The maximum Gasteiger partial charge on any atom is 0.243 e. The molecule has 1 aromatic rings. The van der Waals surface area contributed by atoms with Crippen molar-refractivity contribution in [2.75, 3.05) is 7.05 Å². The first-order chi connectivity index (χ1) is 9.25. The third kappa shape index (κ3) is 3.37. The summed E-state index contributed by atoms with van der Waals surface area (Å²) in [4.78, 5) is -0.0768. The summed E-state index contributed by atoms with van der Waals surface area (Å²) in [5, 5.41) is 9.10. The van der Waals surface area contributed by atoms with E-state index in [-0.39, 0.29) is 22.1 Å². The molecule has 0 amide bonds. The van der Waals surface area contributed by atoms with Gasteiger partial charge in [0.25, 0.3) is 0 Å². The number of aliphatic hydroxyl groups is 1. The third-order valence-corrected chi connectivity index (χ3v) is 5.62. The summed E-state index contributed by atoms with van der Waals surface area (Å²) in [6, 6.07) is 2.33. The second-order valence-electron chi connectivity index (χ2n) is 5.02. The van der Waals surface area contributed by atoms with E-state index in [1.54, 1.807) is 0 Å². The van der Waals surface area contributed by atoms with Crippen LogP contribution in [0.3, 0.4) is 0 Å². The minimum absolute atomic E-state index is 0.0768. The molecule has 0 aliphatic carbocycles. The average molecular weight is 303 g/mol. The normalized spacial score (nSPS) is 13.8. The van der Waals surface area contributed by atoms with E-state index in [2.05, 4.69) is 0 Å². The zero-order valence-electron chi connectivity index (χ0n) is 12.4. The Morgan fingerprint density at radius 1 is 1.40 bits per heavy atom. The number of halogens is 1. The van der Waals surface area contributed by atoms with Gasteiger partial charge in [-0.2, -0.15) is 4.31 Å². The van der Waals surface area contributed by atoms with Crippen molar-refractivity contribution in [3.8, 4) is 0 Å². The number of hydrogen-bond acceptors (Lipinski definition) is 3. The van der Waals surface area contributed by atoms with Crippen LogP contribution in [0.2, 0.25) is 0 Å². The molecule has 0 radical (unpaired) electrons. The number of sulfonamides is 1. The Labute approximate surface area is 120 Å². The Morgan fingerprint density at radius 2 is 2.00 bits per heavy atom. The van der Waals surface area contributed by atoms with E-state index < -0.39 is 22.4 Å². The van der Waals surface area contributed by atoms with Crippen LogP contribution in [0, 0.1) is 12.7 Å². The quantitative estimate of drug-likeness (QED) is 0.878. The van der Waals surface area contributed by atoms with Gasteiger partial charge in [-0.15, -0.1) is 0 Å². The SMILES string of the molecule is CCCC(C)N(C)S(=O)(=O)c1cc(CO)cc(F)c1C. The maximum absolute atomic E-state index is 13.8. The minimum atomic E-state index is -3.76. The molecule has 6 heteroatoms. The first-order valence-corrected chi connectivity index (χ1v) is 8.07. The fourth-order valence-corrected chi connectivity index (χ4v) is 3.73. The monoisotopic (exact) mass is 303 g/mol. The van der Waals surface area contributed by atoms with E-state index >= 15 is 0 Å². The van der Waals surface area contributed by atoms with Crippen LogP contribution in [-0.4, -0.2) is 30.9 Å². The van der Waals surface area contributed by atoms with E-state index in [1.165, 1.54) is 24.3 Å². The van der Waals surface area contributed by atoms with Gasteiger partial charge in [0.05, 0.1) is 11.5 Å². The molecule has 1 unspecified atom stereocenters. The minimum Gasteiger partial charge on any atom is -0.392 e. The van der Waals surface area contributed by atoms with Crippen LogP contribution < -0.4 is 0 Å². The summed E-state index contributed by atoms with van der Waals surface area (Å²) in [7, 11) is -2.27. The highest BCUT2D eigenvalue weighted by molar-refractivity contribution is 7.89. The number of nitrogens with zero attached hydrogens (tertiary/aromatic N) is 1. The molecule has 114 valence electrons. The first-order valence-electron chi connectivity index (χ1n) is 6.63. The van der Waals surface area contributed by atoms with Gasteiger partial charge >= 0.3 is 0 Å². The van der Waals surface area contributed by atoms with Crippen LogP contribution >= 0.6 is 0 Å². The van der Waals surface area contributed by atoms with Crippen molar-refractivity contribution in [3.05, 3.63) is 29.1 Å². The van der Waals surface area contributed by atoms with Crippen LogP contribution in [0.4, 0.5) is 4.39 Å². The molecule has 0 bridgehead atoms. The van der Waals surface area contributed by atoms with Gasteiger partial charge in [-0.05, 0) is 38.0 Å². The van der Waals surface area contributed by atoms with Crippen LogP contribution in [0.25, 0.3) is 0 Å². The lowest BCUT2D eigenvalue weighted by atomic mass is 10.1. The van der Waals surface area contributed by atoms with Gasteiger partial charge in [0.15, 0.2) is 0 Å². The van der Waals surface area contributed by atoms with Crippen LogP contribution in [-0.2, 0) is 16.6 Å². The third-order valence-electron chi connectivity index (χ3n) is 3.52. The van der Waals surface area contributed by atoms with Gasteiger partial charge < -0.3 is 5.11 Å². The van der Waals surface area contributed by atoms with Crippen molar-refractivity contribution in [2.24, 2.45) is 0 Å². The zero-order chi connectivity index (χ0) is 15.5. The molecular formula is C14H22FNO3S. The van der Waals surface area contributed by atoms with Crippen molar-refractivity contribution in [3.63, 3.8) is 0 Å². The molecule has 0 spiro atoms. The maximum atomic E-state index is 13.8. The lowest BCUT2D eigenvalue weighted by Gasteiger charge is -2.25. The number of hydrogen-bond donors (Lipinski definition) is 1. The summed E-state index contributed by atoms with van der Waals surface area (Å²) in [6.07, 6.45) is 1.60. The molecule has 1 N–H and O–H groups in total. The van der Waals surface area contributed by atoms with Crippen molar-refractivity contribution in [1.29, 1.82) is 0 Å². The van der Waals surface area contributed by atoms with Crippen molar-refractivity contribution in [1.82, 2.24) is 4.31 Å². The Bertz CT molecular complexity index is 572. The fourth-order valence-electron chi connectivity index (χ4n) is 2.06. The molecule has 0 aromatic heterocycles. The predicted molar refractivity (Wildman–Crippen MR) is 76.4 cm³/mol. The highest BCUT2D eigenvalue weighted by Gasteiger charge is 2.28. The van der Waals surface area contributed by atoms with Gasteiger partial charge in [-0.25, -0.2) is 12.8 Å². The van der Waals surface area contributed by atoms with Gasteiger partial charge in [-0.3, -0.25) is 0 Å². The second kappa shape index (κ2) is 6.65. The lowest BCUT2D eigenvalue weighted by molar-refractivity contribution is 0.280. The smallest absolute Gasteiger partial charge is 0.243 e. The van der Waals surface area contributed by atoms with Crippen LogP contribution in [0.1, 0.15) is 37.8 Å². The van der Waals surface area contributed by atoms with E-state index in [0.717, 1.165) is 18.9 Å². The molecule has 4 nitrogen and oxygen atoms in total. The molecule has 20 heavy (non-hydrogen) atoms. The summed E-state index contributed by atoms with van der Waals surface area (Å²) in [5.41, 5.74) is 0.334. The average Bonchev–Trinajstić information content (AvgIpc) is 2.40. The van der Waals surface area contributed by atoms with E-state index in [1.807, 2.05) is 13.8 Å². The Morgan fingerprint density at radius 3 is 2.50 bits per heavy atom. The number of benzene rings is 1. The van der Waals surface area contributed by atoms with E-state index in [4.69, 9.17) is 5.11 Å². The summed E-state index contributed by atoms with van der Waals surface area (Å²) < 4.78 is 40.2. The first kappa shape index (κ1) is 17.1. The Hall–Kier alpha value is -0.980. The summed E-state index contributed by atoms with van der Waals surface area (Å²) in [5.74, 6) is -0.619. The van der Waals surface area contributed by atoms with Gasteiger partial charge in [0.2, 0.25) is 10.0 Å². The molecule has 0 fully saturated rings. The summed E-state index contributed by atoms with van der Waals surface area (Å²) in [6.45, 7) is 4.84. The van der Waals surface area contributed by atoms with E-state index in [0.29, 0.717) is 0 Å². The predicted octanol–water partition coefficient (Wildman–Crippen LogP) is 2.44. The highest BCUT2D eigenvalue weighted by atomic mass is 32.2. The van der Waals surface area contributed by atoms with Crippen molar-refractivity contribution in [2.45, 2.75) is 51.2 Å². The molecule has 1 atom stereocenters.